The Balaban J connectivity index is 2.87. The number of esters is 2. The quantitative estimate of drug-likeness (QED) is 0.316. The van der Waals surface area contributed by atoms with Gasteiger partial charge in [0.25, 0.3) is 0 Å². The van der Waals surface area contributed by atoms with Crippen molar-refractivity contribution < 1.29 is 23.9 Å². The minimum atomic E-state index is -0.555. The minimum Gasteiger partial charge on any atom is -0.460 e. The van der Waals surface area contributed by atoms with E-state index in [-0.39, 0.29) is 23.7 Å². The van der Waals surface area contributed by atoms with Crippen LogP contribution in [0.2, 0.25) is 0 Å². The van der Waals surface area contributed by atoms with E-state index in [1.165, 1.54) is 59.3 Å². The molecule has 0 aliphatic heterocycles. The molecule has 0 aromatic rings. The first-order chi connectivity index (χ1) is 14.6. The zero-order valence-corrected chi connectivity index (χ0v) is 20.6. The van der Waals surface area contributed by atoms with E-state index in [2.05, 4.69) is 12.2 Å². The molecule has 0 radical (unpaired) electrons. The van der Waals surface area contributed by atoms with Gasteiger partial charge in [0.2, 0.25) is 5.91 Å². The molecule has 0 aromatic carbocycles. The molecule has 3 atom stereocenters. The first-order valence-electron chi connectivity index (χ1n) is 12.3. The smallest absolute Gasteiger partial charge is 0.302 e. The number of unbranched alkanes of at least 4 members (excludes halogenated alkanes) is 4. The van der Waals surface area contributed by atoms with Crippen LogP contribution in [0.15, 0.2) is 0 Å². The van der Waals surface area contributed by atoms with Gasteiger partial charge in [-0.1, -0.05) is 72.1 Å². The lowest BCUT2D eigenvalue weighted by atomic mass is 9.74. The molecule has 1 fully saturated rings. The molecule has 6 heteroatoms. The van der Waals surface area contributed by atoms with Gasteiger partial charge < -0.3 is 14.8 Å². The molecule has 0 saturated heterocycles. The lowest BCUT2D eigenvalue weighted by Gasteiger charge is -2.41. The van der Waals surface area contributed by atoms with E-state index in [4.69, 9.17) is 9.47 Å². The molecule has 1 saturated carbocycles. The van der Waals surface area contributed by atoms with Crippen molar-refractivity contribution in [3.05, 3.63) is 0 Å². The maximum Gasteiger partial charge on any atom is 0.302 e. The highest BCUT2D eigenvalue weighted by atomic mass is 16.6. The van der Waals surface area contributed by atoms with Gasteiger partial charge in [0.15, 0.2) is 0 Å². The average Bonchev–Trinajstić information content (AvgIpc) is 2.68. The Morgan fingerprint density at radius 2 is 1.45 bits per heavy atom. The van der Waals surface area contributed by atoms with Crippen LogP contribution in [0.3, 0.4) is 0 Å². The highest BCUT2D eigenvalue weighted by molar-refractivity contribution is 5.73. The third kappa shape index (κ3) is 10.5. The Kier molecular flexibility index (Phi) is 12.8. The van der Waals surface area contributed by atoms with Crippen molar-refractivity contribution in [2.45, 2.75) is 124 Å². The summed E-state index contributed by atoms with van der Waals surface area (Å²) in [6.07, 6.45) is 10.9. The largest absolute Gasteiger partial charge is 0.460 e. The van der Waals surface area contributed by atoms with E-state index in [0.29, 0.717) is 0 Å². The maximum absolute atomic E-state index is 12.0. The van der Waals surface area contributed by atoms with Crippen molar-refractivity contribution in [2.75, 3.05) is 0 Å². The third-order valence-electron chi connectivity index (χ3n) is 6.41. The van der Waals surface area contributed by atoms with E-state index in [9.17, 15) is 14.4 Å². The Morgan fingerprint density at radius 3 is 1.94 bits per heavy atom. The minimum absolute atomic E-state index is 0.0294. The van der Waals surface area contributed by atoms with Crippen LogP contribution < -0.4 is 5.32 Å². The monoisotopic (exact) mass is 439 g/mol. The summed E-state index contributed by atoms with van der Waals surface area (Å²) in [5.74, 6) is -0.150. The van der Waals surface area contributed by atoms with Crippen molar-refractivity contribution in [2.24, 2.45) is 17.8 Å². The van der Waals surface area contributed by atoms with E-state index < -0.39 is 24.2 Å². The van der Waals surface area contributed by atoms with E-state index in [1.54, 1.807) is 0 Å². The highest BCUT2D eigenvalue weighted by Crippen LogP contribution is 2.37. The summed E-state index contributed by atoms with van der Waals surface area (Å²) in [6, 6.07) is -0.555. The Labute approximate surface area is 189 Å². The predicted molar refractivity (Wildman–Crippen MR) is 122 cm³/mol. The van der Waals surface area contributed by atoms with Gasteiger partial charge in [-0.05, 0) is 30.6 Å². The molecule has 0 spiro atoms. The molecular formula is C25H45NO5. The number of hydrogen-bond donors (Lipinski definition) is 1. The van der Waals surface area contributed by atoms with Crippen molar-refractivity contribution in [1.29, 1.82) is 0 Å². The van der Waals surface area contributed by atoms with E-state index >= 15 is 0 Å². The number of amides is 1. The fraction of sp³-hybridized carbons (Fsp3) is 0.880. The SMILES string of the molecule is CCCCCCCC1CCC(C(OC(C)=O)C(NC(C)=O)C(OC(C)=O)C(C)C)CC1. The Hall–Kier alpha value is -1.59. The van der Waals surface area contributed by atoms with Gasteiger partial charge in [0, 0.05) is 20.8 Å². The fourth-order valence-electron chi connectivity index (χ4n) is 4.90. The molecular weight excluding hydrogens is 394 g/mol. The van der Waals surface area contributed by atoms with Gasteiger partial charge in [-0.15, -0.1) is 0 Å². The van der Waals surface area contributed by atoms with Crippen LogP contribution in [0.25, 0.3) is 0 Å². The van der Waals surface area contributed by atoms with Gasteiger partial charge in [-0.2, -0.15) is 0 Å². The molecule has 31 heavy (non-hydrogen) atoms. The van der Waals surface area contributed by atoms with Crippen LogP contribution in [-0.2, 0) is 23.9 Å². The lowest BCUT2D eigenvalue weighted by Crippen LogP contribution is -2.57. The summed E-state index contributed by atoms with van der Waals surface area (Å²) in [5, 5.41) is 2.94. The second-order valence-electron chi connectivity index (χ2n) is 9.60. The first kappa shape index (κ1) is 27.4. The molecule has 3 unspecified atom stereocenters. The zero-order valence-electron chi connectivity index (χ0n) is 20.6. The topological polar surface area (TPSA) is 81.7 Å². The van der Waals surface area contributed by atoms with Gasteiger partial charge in [-0.3, -0.25) is 14.4 Å². The summed E-state index contributed by atoms with van der Waals surface area (Å²) >= 11 is 0. The number of ether oxygens (including phenoxy) is 2. The third-order valence-corrected chi connectivity index (χ3v) is 6.41. The summed E-state index contributed by atoms with van der Waals surface area (Å²) in [6.45, 7) is 10.3. The van der Waals surface area contributed by atoms with Crippen molar-refractivity contribution in [3.8, 4) is 0 Å². The molecule has 1 N–H and O–H groups in total. The summed E-state index contributed by atoms with van der Waals surface area (Å²) in [5.41, 5.74) is 0. The number of hydrogen-bond acceptors (Lipinski definition) is 5. The standard InChI is InChI=1S/C25H45NO5/c1-7-8-9-10-11-12-21-13-15-22(16-14-21)25(31-20(6)29)23(26-18(4)27)24(17(2)3)30-19(5)28/h17,21-25H,7-16H2,1-6H3,(H,26,27). The van der Waals surface area contributed by atoms with E-state index in [0.717, 1.165) is 31.6 Å². The first-order valence-corrected chi connectivity index (χ1v) is 12.3. The molecule has 0 bridgehead atoms. The van der Waals surface area contributed by atoms with Crippen molar-refractivity contribution in [3.63, 3.8) is 0 Å². The summed E-state index contributed by atoms with van der Waals surface area (Å²) in [4.78, 5) is 35.7. The van der Waals surface area contributed by atoms with Crippen LogP contribution >= 0.6 is 0 Å². The Bertz CT molecular complexity index is 554. The fourth-order valence-corrected chi connectivity index (χ4v) is 4.90. The second-order valence-corrected chi connectivity index (χ2v) is 9.60. The molecule has 1 rings (SSSR count). The molecule has 0 aromatic heterocycles. The maximum atomic E-state index is 12.0. The molecule has 1 aliphatic rings. The van der Waals surface area contributed by atoms with Crippen LogP contribution in [0.1, 0.15) is 106 Å². The van der Waals surface area contributed by atoms with E-state index in [1.807, 2.05) is 13.8 Å². The Morgan fingerprint density at radius 1 is 0.871 bits per heavy atom. The number of rotatable bonds is 13. The lowest BCUT2D eigenvalue weighted by molar-refractivity contribution is -0.164. The zero-order chi connectivity index (χ0) is 23.4. The van der Waals surface area contributed by atoms with Crippen molar-refractivity contribution in [1.82, 2.24) is 5.32 Å². The van der Waals surface area contributed by atoms with Gasteiger partial charge in [-0.25, -0.2) is 0 Å². The molecule has 1 amide bonds. The van der Waals surface area contributed by atoms with Crippen LogP contribution in [0.4, 0.5) is 0 Å². The molecule has 6 nitrogen and oxygen atoms in total. The number of carbonyl (C=O) groups is 3. The van der Waals surface area contributed by atoms with Crippen LogP contribution in [0, 0.1) is 17.8 Å². The molecule has 0 heterocycles. The average molecular weight is 440 g/mol. The highest BCUT2D eigenvalue weighted by Gasteiger charge is 2.41. The second kappa shape index (κ2) is 14.5. The van der Waals surface area contributed by atoms with Gasteiger partial charge >= 0.3 is 11.9 Å². The normalized spacial score (nSPS) is 21.8. The van der Waals surface area contributed by atoms with Gasteiger partial charge in [0.1, 0.15) is 18.2 Å². The van der Waals surface area contributed by atoms with Crippen LogP contribution in [-0.4, -0.2) is 36.1 Å². The summed E-state index contributed by atoms with van der Waals surface area (Å²) < 4.78 is 11.4. The number of carbonyl (C=O) groups excluding carboxylic acids is 3. The number of nitrogens with one attached hydrogen (secondary N) is 1. The summed E-state index contributed by atoms with van der Waals surface area (Å²) in [7, 11) is 0. The molecule has 180 valence electrons. The van der Waals surface area contributed by atoms with Crippen LogP contribution in [0.5, 0.6) is 0 Å². The predicted octanol–water partition coefficient (Wildman–Crippen LogP) is 5.18. The molecule has 1 aliphatic carbocycles. The van der Waals surface area contributed by atoms with Gasteiger partial charge in [0.05, 0.1) is 0 Å². The van der Waals surface area contributed by atoms with Crippen molar-refractivity contribution >= 4 is 17.8 Å².